The first-order chi connectivity index (χ1) is 9.54. The number of hydrogen-bond acceptors (Lipinski definition) is 4. The second kappa shape index (κ2) is 6.45. The topological polar surface area (TPSA) is 80.9 Å². The van der Waals surface area contributed by atoms with Crippen molar-refractivity contribution in [3.8, 4) is 0 Å². The van der Waals surface area contributed by atoms with E-state index in [4.69, 9.17) is 17.3 Å². The van der Waals surface area contributed by atoms with Gasteiger partial charge in [-0.2, -0.15) is 0 Å². The molecule has 3 N–H and O–H groups in total. The van der Waals surface area contributed by atoms with Gasteiger partial charge in [0, 0.05) is 5.69 Å². The minimum atomic E-state index is -0.666. The van der Waals surface area contributed by atoms with Crippen molar-refractivity contribution in [1.29, 1.82) is 0 Å². The predicted molar refractivity (Wildman–Crippen MR) is 78.5 cm³/mol. The van der Waals surface area contributed by atoms with Gasteiger partial charge in [0.1, 0.15) is 5.15 Å². The Bertz CT molecular complexity index is 583. The molecule has 0 saturated heterocycles. The largest absolute Gasteiger partial charge is 0.320 e. The van der Waals surface area contributed by atoms with Crippen LogP contribution in [0.4, 0.5) is 5.95 Å². The van der Waals surface area contributed by atoms with E-state index in [2.05, 4.69) is 15.3 Å². The fourth-order valence-corrected chi connectivity index (χ4v) is 1.99. The van der Waals surface area contributed by atoms with Gasteiger partial charge in [-0.25, -0.2) is 9.97 Å². The zero-order valence-electron chi connectivity index (χ0n) is 11.0. The molecule has 0 bridgehead atoms. The van der Waals surface area contributed by atoms with Gasteiger partial charge in [0.15, 0.2) is 0 Å². The van der Waals surface area contributed by atoms with Crippen molar-refractivity contribution in [3.05, 3.63) is 52.8 Å². The lowest BCUT2D eigenvalue weighted by atomic mass is 10.1. The second-order valence-corrected chi connectivity index (χ2v) is 4.83. The van der Waals surface area contributed by atoms with Gasteiger partial charge in [0.25, 0.3) is 0 Å². The fraction of sp³-hybridized carbons (Fsp3) is 0.214. The number of benzene rings is 1. The number of anilines is 1. The van der Waals surface area contributed by atoms with Crippen molar-refractivity contribution in [2.75, 3.05) is 5.32 Å². The molecule has 1 aromatic carbocycles. The van der Waals surface area contributed by atoms with E-state index in [1.165, 1.54) is 0 Å². The Morgan fingerprint density at radius 2 is 2.05 bits per heavy atom. The average molecular weight is 291 g/mol. The highest BCUT2D eigenvalue weighted by molar-refractivity contribution is 6.29. The maximum Gasteiger partial charge on any atom is 0.243 e. The van der Waals surface area contributed by atoms with E-state index in [9.17, 15) is 4.79 Å². The summed E-state index contributed by atoms with van der Waals surface area (Å²) in [6, 6.07) is 10.5. The maximum absolute atomic E-state index is 12.0. The third-order valence-electron chi connectivity index (χ3n) is 2.69. The third kappa shape index (κ3) is 4.01. The molecule has 0 spiro atoms. The molecule has 1 aromatic heterocycles. The summed E-state index contributed by atoms with van der Waals surface area (Å²) < 4.78 is 0. The van der Waals surface area contributed by atoms with Crippen LogP contribution in [-0.2, 0) is 11.2 Å². The standard InChI is InChI=1S/C14H15ClN4O/c1-9-7-12(15)18-14(17-9)19-13(20)11(16)8-10-5-3-2-4-6-10/h2-7,11H,8,16H2,1H3,(H,17,18,19,20). The SMILES string of the molecule is Cc1cc(Cl)nc(NC(=O)C(N)Cc2ccccc2)n1. The smallest absolute Gasteiger partial charge is 0.243 e. The Morgan fingerprint density at radius 1 is 1.35 bits per heavy atom. The van der Waals surface area contributed by atoms with Crippen LogP contribution in [0.25, 0.3) is 0 Å². The van der Waals surface area contributed by atoms with Crippen molar-refractivity contribution in [2.45, 2.75) is 19.4 Å². The Morgan fingerprint density at radius 3 is 2.70 bits per heavy atom. The van der Waals surface area contributed by atoms with Crippen LogP contribution in [-0.4, -0.2) is 21.9 Å². The Labute approximate surface area is 122 Å². The molecule has 5 nitrogen and oxygen atoms in total. The van der Waals surface area contributed by atoms with Gasteiger partial charge in [0.05, 0.1) is 6.04 Å². The van der Waals surface area contributed by atoms with Gasteiger partial charge in [-0.05, 0) is 25.0 Å². The number of amides is 1. The van der Waals surface area contributed by atoms with Crippen LogP contribution in [0.5, 0.6) is 0 Å². The first kappa shape index (κ1) is 14.4. The summed E-state index contributed by atoms with van der Waals surface area (Å²) in [6.07, 6.45) is 0.451. The summed E-state index contributed by atoms with van der Waals surface area (Å²) in [7, 11) is 0. The molecule has 0 fully saturated rings. The molecular weight excluding hydrogens is 276 g/mol. The number of hydrogen-bond donors (Lipinski definition) is 2. The van der Waals surface area contributed by atoms with E-state index in [1.807, 2.05) is 30.3 Å². The molecule has 1 heterocycles. The first-order valence-corrected chi connectivity index (χ1v) is 6.54. The monoisotopic (exact) mass is 290 g/mol. The summed E-state index contributed by atoms with van der Waals surface area (Å²) in [4.78, 5) is 20.0. The van der Waals surface area contributed by atoms with Crippen LogP contribution in [0.2, 0.25) is 5.15 Å². The highest BCUT2D eigenvalue weighted by Gasteiger charge is 2.15. The molecule has 0 saturated carbocycles. The molecule has 20 heavy (non-hydrogen) atoms. The summed E-state index contributed by atoms with van der Waals surface area (Å²) >= 11 is 5.81. The molecule has 0 aliphatic carbocycles. The summed E-state index contributed by atoms with van der Waals surface area (Å²) in [5.41, 5.74) is 7.55. The Balaban J connectivity index is 2.00. The fourth-order valence-electron chi connectivity index (χ4n) is 1.75. The van der Waals surface area contributed by atoms with Crippen LogP contribution >= 0.6 is 11.6 Å². The van der Waals surface area contributed by atoms with Crippen LogP contribution in [0.1, 0.15) is 11.3 Å². The summed E-state index contributed by atoms with van der Waals surface area (Å²) in [5, 5.41) is 2.85. The molecule has 0 aliphatic rings. The normalized spacial score (nSPS) is 11.9. The number of carbonyl (C=O) groups excluding carboxylic acids is 1. The number of carbonyl (C=O) groups is 1. The second-order valence-electron chi connectivity index (χ2n) is 4.44. The van der Waals surface area contributed by atoms with Crippen LogP contribution in [0.3, 0.4) is 0 Å². The molecule has 0 aliphatic heterocycles. The Hall–Kier alpha value is -1.98. The van der Waals surface area contributed by atoms with Crippen molar-refractivity contribution in [1.82, 2.24) is 9.97 Å². The molecular formula is C14H15ClN4O. The average Bonchev–Trinajstić information content (AvgIpc) is 2.38. The summed E-state index contributed by atoms with van der Waals surface area (Å²) in [6.45, 7) is 1.77. The maximum atomic E-state index is 12.0. The highest BCUT2D eigenvalue weighted by Crippen LogP contribution is 2.10. The van der Waals surface area contributed by atoms with Crippen molar-refractivity contribution in [3.63, 3.8) is 0 Å². The van der Waals surface area contributed by atoms with Gasteiger partial charge < -0.3 is 5.73 Å². The lowest BCUT2D eigenvalue weighted by Gasteiger charge is -2.11. The van der Waals surface area contributed by atoms with E-state index in [-0.39, 0.29) is 17.0 Å². The van der Waals surface area contributed by atoms with Crippen LogP contribution in [0, 0.1) is 6.92 Å². The zero-order valence-corrected chi connectivity index (χ0v) is 11.8. The van der Waals surface area contributed by atoms with Gasteiger partial charge in [0.2, 0.25) is 11.9 Å². The predicted octanol–water partition coefficient (Wildman–Crippen LogP) is 1.95. The molecule has 6 heteroatoms. The molecule has 1 amide bonds. The molecule has 0 radical (unpaired) electrons. The van der Waals surface area contributed by atoms with Gasteiger partial charge in [-0.1, -0.05) is 41.9 Å². The number of nitrogens with one attached hydrogen (secondary N) is 1. The van der Waals surface area contributed by atoms with Gasteiger partial charge >= 0.3 is 0 Å². The zero-order chi connectivity index (χ0) is 14.5. The van der Waals surface area contributed by atoms with E-state index in [0.717, 1.165) is 5.56 Å². The molecule has 1 unspecified atom stereocenters. The lowest BCUT2D eigenvalue weighted by Crippen LogP contribution is -2.37. The number of nitrogens with two attached hydrogens (primary N) is 1. The number of aromatic nitrogens is 2. The van der Waals surface area contributed by atoms with E-state index in [1.54, 1.807) is 13.0 Å². The van der Waals surface area contributed by atoms with Crippen molar-refractivity contribution >= 4 is 23.5 Å². The molecule has 2 aromatic rings. The van der Waals surface area contributed by atoms with E-state index >= 15 is 0 Å². The molecule has 2 rings (SSSR count). The lowest BCUT2D eigenvalue weighted by molar-refractivity contribution is -0.117. The van der Waals surface area contributed by atoms with Crippen LogP contribution in [0.15, 0.2) is 36.4 Å². The molecule has 104 valence electrons. The minimum absolute atomic E-state index is 0.170. The number of halogens is 1. The third-order valence-corrected chi connectivity index (χ3v) is 2.89. The number of rotatable bonds is 4. The van der Waals surface area contributed by atoms with E-state index < -0.39 is 6.04 Å². The Kier molecular flexibility index (Phi) is 4.65. The number of aryl methyl sites for hydroxylation is 1. The van der Waals surface area contributed by atoms with E-state index in [0.29, 0.717) is 12.1 Å². The number of nitrogens with zero attached hydrogens (tertiary/aromatic N) is 2. The first-order valence-electron chi connectivity index (χ1n) is 6.16. The van der Waals surface area contributed by atoms with Gasteiger partial charge in [-0.15, -0.1) is 0 Å². The van der Waals surface area contributed by atoms with Crippen molar-refractivity contribution < 1.29 is 4.79 Å². The van der Waals surface area contributed by atoms with Crippen molar-refractivity contribution in [2.24, 2.45) is 5.73 Å². The summed E-state index contributed by atoms with van der Waals surface area (Å²) in [5.74, 6) is -0.168. The molecule has 1 atom stereocenters. The van der Waals surface area contributed by atoms with Crippen LogP contribution < -0.4 is 11.1 Å². The quantitative estimate of drug-likeness (QED) is 0.843. The van der Waals surface area contributed by atoms with Gasteiger partial charge in [-0.3, -0.25) is 10.1 Å². The highest BCUT2D eigenvalue weighted by atomic mass is 35.5. The minimum Gasteiger partial charge on any atom is -0.320 e.